The minimum Gasteiger partial charge on any atom is -0.388 e. The molecule has 21 heavy (non-hydrogen) atoms. The van der Waals surface area contributed by atoms with Crippen LogP contribution in [0.2, 0.25) is 0 Å². The Morgan fingerprint density at radius 2 is 1.81 bits per heavy atom. The molecule has 0 unspecified atom stereocenters. The van der Waals surface area contributed by atoms with E-state index in [1.54, 1.807) is 4.31 Å². The van der Waals surface area contributed by atoms with Crippen LogP contribution in [0.4, 0.5) is 5.69 Å². The first-order valence-electron chi connectivity index (χ1n) is 7.69. The second-order valence-corrected chi connectivity index (χ2v) is 7.82. The Bertz CT molecular complexity index is 584. The summed E-state index contributed by atoms with van der Waals surface area (Å²) in [4.78, 5) is 0.475. The highest BCUT2D eigenvalue weighted by Crippen LogP contribution is 2.31. The third kappa shape index (κ3) is 3.24. The zero-order valence-corrected chi connectivity index (χ0v) is 14.3. The van der Waals surface area contributed by atoms with E-state index in [-0.39, 0.29) is 0 Å². The molecule has 1 aliphatic carbocycles. The molecule has 0 amide bonds. The van der Waals surface area contributed by atoms with Crippen LogP contribution in [0, 0.1) is 19.8 Å². The zero-order chi connectivity index (χ0) is 15.6. The lowest BCUT2D eigenvalue weighted by Gasteiger charge is -2.31. The van der Waals surface area contributed by atoms with Crippen molar-refractivity contribution in [2.24, 2.45) is 5.92 Å². The van der Waals surface area contributed by atoms with E-state index >= 15 is 0 Å². The van der Waals surface area contributed by atoms with Gasteiger partial charge in [0.1, 0.15) is 0 Å². The maximum absolute atomic E-state index is 13.0. The predicted octanol–water partition coefficient (Wildman–Crippen LogP) is 3.16. The lowest BCUT2D eigenvalue weighted by Crippen LogP contribution is -2.37. The van der Waals surface area contributed by atoms with Crippen LogP contribution < -0.4 is 5.32 Å². The van der Waals surface area contributed by atoms with Crippen molar-refractivity contribution in [1.82, 2.24) is 4.31 Å². The van der Waals surface area contributed by atoms with Crippen molar-refractivity contribution >= 4 is 15.7 Å². The molecule has 1 aliphatic rings. The third-order valence-electron chi connectivity index (χ3n) is 4.39. The third-order valence-corrected chi connectivity index (χ3v) is 6.63. The summed E-state index contributed by atoms with van der Waals surface area (Å²) in [5, 5.41) is 3.07. The van der Waals surface area contributed by atoms with E-state index in [9.17, 15) is 8.42 Å². The summed E-state index contributed by atoms with van der Waals surface area (Å²) < 4.78 is 27.6. The van der Waals surface area contributed by atoms with Gasteiger partial charge in [-0.25, -0.2) is 8.42 Å². The number of hydrogen-bond acceptors (Lipinski definition) is 3. The molecule has 0 spiro atoms. The topological polar surface area (TPSA) is 49.4 Å². The fraction of sp³-hybridized carbons (Fsp3) is 0.625. The molecule has 5 heteroatoms. The summed E-state index contributed by atoms with van der Waals surface area (Å²) in [6.45, 7) is 6.86. The molecule has 0 radical (unpaired) electrons. The van der Waals surface area contributed by atoms with Gasteiger partial charge in [-0.1, -0.05) is 13.3 Å². The largest absolute Gasteiger partial charge is 0.388 e. The molecule has 1 aromatic rings. The Morgan fingerprint density at radius 3 is 2.19 bits per heavy atom. The summed E-state index contributed by atoms with van der Waals surface area (Å²) in [6.07, 6.45) is 3.54. The van der Waals surface area contributed by atoms with Gasteiger partial charge in [-0.15, -0.1) is 0 Å². The molecule has 4 nitrogen and oxygen atoms in total. The van der Waals surface area contributed by atoms with Gasteiger partial charge < -0.3 is 5.32 Å². The minimum absolute atomic E-state index is 0.475. The number of nitrogens with zero attached hydrogens (tertiary/aromatic N) is 1. The van der Waals surface area contributed by atoms with Crippen molar-refractivity contribution in [3.63, 3.8) is 0 Å². The number of nitrogens with one attached hydrogen (secondary N) is 1. The molecule has 2 rings (SSSR count). The van der Waals surface area contributed by atoms with Crippen LogP contribution in [0.1, 0.15) is 37.3 Å². The number of sulfonamides is 1. The summed E-state index contributed by atoms with van der Waals surface area (Å²) in [7, 11) is -1.56. The van der Waals surface area contributed by atoms with Gasteiger partial charge in [0.2, 0.25) is 10.0 Å². The molecule has 0 saturated heterocycles. The highest BCUT2D eigenvalue weighted by atomic mass is 32.2. The number of aryl methyl sites for hydroxylation is 2. The Kier molecular flexibility index (Phi) is 4.94. The number of rotatable bonds is 6. The lowest BCUT2D eigenvalue weighted by atomic mass is 9.85. The molecule has 0 aromatic heterocycles. The van der Waals surface area contributed by atoms with Gasteiger partial charge in [0.25, 0.3) is 0 Å². The van der Waals surface area contributed by atoms with Gasteiger partial charge in [0.05, 0.1) is 4.90 Å². The van der Waals surface area contributed by atoms with Gasteiger partial charge in [0, 0.05) is 25.8 Å². The fourth-order valence-electron chi connectivity index (χ4n) is 2.99. The summed E-state index contributed by atoms with van der Waals surface area (Å²) in [6, 6.07) is 3.80. The first-order valence-corrected chi connectivity index (χ1v) is 9.13. The van der Waals surface area contributed by atoms with Crippen molar-refractivity contribution in [2.75, 3.05) is 25.5 Å². The van der Waals surface area contributed by atoms with E-state index in [1.807, 2.05) is 40.0 Å². The Morgan fingerprint density at radius 1 is 1.24 bits per heavy atom. The van der Waals surface area contributed by atoms with Crippen LogP contribution >= 0.6 is 0 Å². The molecule has 1 N–H and O–H groups in total. The monoisotopic (exact) mass is 310 g/mol. The Hall–Kier alpha value is -1.07. The number of benzene rings is 1. The molecule has 0 bridgehead atoms. The molecular weight excluding hydrogens is 284 g/mol. The standard InChI is InChI=1S/C16H26N2O2S/c1-5-18(11-14-7-6-8-14)21(19,20)16-12(2)9-15(17-4)10-13(16)3/h9-10,14,17H,5-8,11H2,1-4H3. The first kappa shape index (κ1) is 16.3. The zero-order valence-electron chi connectivity index (χ0n) is 13.4. The average Bonchev–Trinajstić information content (AvgIpc) is 2.35. The van der Waals surface area contributed by atoms with Crippen molar-refractivity contribution in [3.8, 4) is 0 Å². The number of anilines is 1. The molecule has 0 atom stereocenters. The van der Waals surface area contributed by atoms with Crippen LogP contribution in [0.3, 0.4) is 0 Å². The summed E-state index contributed by atoms with van der Waals surface area (Å²) in [5.74, 6) is 0.539. The van der Waals surface area contributed by atoms with Crippen LogP contribution in [0.15, 0.2) is 17.0 Å². The summed E-state index contributed by atoms with van der Waals surface area (Å²) >= 11 is 0. The van der Waals surface area contributed by atoms with Gasteiger partial charge >= 0.3 is 0 Å². The van der Waals surface area contributed by atoms with Gasteiger partial charge in [-0.05, 0) is 55.9 Å². The Balaban J connectivity index is 2.37. The number of hydrogen-bond donors (Lipinski definition) is 1. The minimum atomic E-state index is -3.40. The van der Waals surface area contributed by atoms with E-state index in [2.05, 4.69) is 5.32 Å². The lowest BCUT2D eigenvalue weighted by molar-refractivity contribution is 0.250. The van der Waals surface area contributed by atoms with E-state index in [1.165, 1.54) is 6.42 Å². The molecule has 1 aromatic carbocycles. The average molecular weight is 310 g/mol. The molecule has 1 saturated carbocycles. The van der Waals surface area contributed by atoms with E-state index in [4.69, 9.17) is 0 Å². The van der Waals surface area contributed by atoms with Gasteiger partial charge in [0.15, 0.2) is 0 Å². The van der Waals surface area contributed by atoms with Gasteiger partial charge in [-0.2, -0.15) is 4.31 Å². The van der Waals surface area contributed by atoms with Crippen LogP contribution in [-0.2, 0) is 10.0 Å². The van der Waals surface area contributed by atoms with E-state index < -0.39 is 10.0 Å². The molecular formula is C16H26N2O2S. The maximum Gasteiger partial charge on any atom is 0.243 e. The predicted molar refractivity (Wildman–Crippen MR) is 87.2 cm³/mol. The van der Waals surface area contributed by atoms with Gasteiger partial charge in [-0.3, -0.25) is 0 Å². The quantitative estimate of drug-likeness (QED) is 0.878. The SMILES string of the molecule is CCN(CC1CCC1)S(=O)(=O)c1c(C)cc(NC)cc1C. The normalized spacial score (nSPS) is 16.0. The van der Waals surface area contributed by atoms with E-state index in [0.29, 0.717) is 23.9 Å². The molecule has 1 fully saturated rings. The maximum atomic E-state index is 13.0. The smallest absolute Gasteiger partial charge is 0.243 e. The van der Waals surface area contributed by atoms with Crippen LogP contribution in [0.5, 0.6) is 0 Å². The van der Waals surface area contributed by atoms with E-state index in [0.717, 1.165) is 29.7 Å². The van der Waals surface area contributed by atoms with Crippen molar-refractivity contribution in [3.05, 3.63) is 23.3 Å². The highest BCUT2D eigenvalue weighted by Gasteiger charge is 2.30. The van der Waals surface area contributed by atoms with Crippen molar-refractivity contribution < 1.29 is 8.42 Å². The summed E-state index contributed by atoms with van der Waals surface area (Å²) in [5.41, 5.74) is 2.57. The van der Waals surface area contributed by atoms with Crippen LogP contribution in [0.25, 0.3) is 0 Å². The second-order valence-electron chi connectivity index (χ2n) is 5.94. The molecule has 118 valence electrons. The molecule has 0 aliphatic heterocycles. The molecule has 0 heterocycles. The van der Waals surface area contributed by atoms with Crippen LogP contribution in [-0.4, -0.2) is 32.9 Å². The fourth-order valence-corrected chi connectivity index (χ4v) is 4.93. The van der Waals surface area contributed by atoms with Crippen molar-refractivity contribution in [2.45, 2.75) is 44.9 Å². The Labute approximate surface area is 128 Å². The van der Waals surface area contributed by atoms with Crippen molar-refractivity contribution in [1.29, 1.82) is 0 Å². The second kappa shape index (κ2) is 6.36. The highest BCUT2D eigenvalue weighted by molar-refractivity contribution is 7.89. The first-order chi connectivity index (χ1) is 9.90.